The van der Waals surface area contributed by atoms with Crippen molar-refractivity contribution < 1.29 is 32.3 Å². The molecule has 0 atom stereocenters. The number of nitrogens with zero attached hydrogens (tertiary/aromatic N) is 5. The van der Waals surface area contributed by atoms with Gasteiger partial charge in [0, 0.05) is 31.9 Å². The van der Waals surface area contributed by atoms with E-state index in [1.807, 2.05) is 0 Å². The fourth-order valence-electron chi connectivity index (χ4n) is 4.72. The van der Waals surface area contributed by atoms with Crippen LogP contribution >= 0.6 is 11.6 Å². The quantitative estimate of drug-likeness (QED) is 0.397. The number of aromatic nitrogens is 3. The lowest BCUT2D eigenvalue weighted by atomic mass is 10.1. The van der Waals surface area contributed by atoms with Crippen LogP contribution < -0.4 is 15.6 Å². The van der Waals surface area contributed by atoms with Gasteiger partial charge < -0.3 is 24.4 Å². The van der Waals surface area contributed by atoms with Crippen LogP contribution in [-0.2, 0) is 28.7 Å². The molecule has 1 aliphatic rings. The molecule has 43 heavy (non-hydrogen) atoms. The minimum Gasteiger partial charge on any atom is -0.444 e. The number of pyridine rings is 1. The molecule has 2 amide bonds. The van der Waals surface area contributed by atoms with Crippen molar-refractivity contribution in [3.63, 3.8) is 0 Å². The van der Waals surface area contributed by atoms with Gasteiger partial charge in [-0.15, -0.1) is 0 Å². The van der Waals surface area contributed by atoms with Gasteiger partial charge in [-0.2, -0.15) is 13.2 Å². The molecule has 1 N–H and O–H groups in total. The Labute approximate surface area is 249 Å². The molecule has 0 saturated carbocycles. The molecule has 0 radical (unpaired) electrons. The normalized spacial score (nSPS) is 14.1. The van der Waals surface area contributed by atoms with E-state index in [-0.39, 0.29) is 65.9 Å². The molecule has 0 aliphatic carbocycles. The van der Waals surface area contributed by atoms with E-state index in [4.69, 9.17) is 16.3 Å². The maximum atomic E-state index is 13.8. The van der Waals surface area contributed by atoms with Gasteiger partial charge in [0.25, 0.3) is 0 Å². The van der Waals surface area contributed by atoms with E-state index in [1.54, 1.807) is 37.5 Å². The van der Waals surface area contributed by atoms with Gasteiger partial charge in [0.2, 0.25) is 11.3 Å². The zero-order chi connectivity index (χ0) is 31.7. The Kier molecular flexibility index (Phi) is 9.00. The number of fused-ring (bicyclic) bond motifs is 1. The standard InChI is InChI=1S/C28H30ClF3N6O5/c1-5-20-23(36-8-10-37(11-9-36)26(42)43-27(2,3)4)24(41)22-25(33-13-17(15-39)34-22)38(20)14-21(40)35-19-7-6-16(12-18(19)29)28(30,31)32/h6-7,12-13,15H,5,8-11,14H2,1-4H3,(H,35,40). The molecule has 1 aliphatic heterocycles. The number of hydrogen-bond donors (Lipinski definition) is 1. The molecule has 3 aromatic rings. The topological polar surface area (TPSA) is 127 Å². The van der Waals surface area contributed by atoms with Crippen LogP contribution in [-0.4, -0.2) is 69.5 Å². The lowest BCUT2D eigenvalue weighted by Crippen LogP contribution is -2.51. The second kappa shape index (κ2) is 12.2. The van der Waals surface area contributed by atoms with Crippen LogP contribution in [0.15, 0.2) is 29.2 Å². The number of hydrogen-bond acceptors (Lipinski definition) is 8. The molecule has 1 aromatic carbocycles. The van der Waals surface area contributed by atoms with Gasteiger partial charge in [-0.25, -0.2) is 14.8 Å². The van der Waals surface area contributed by atoms with Crippen molar-refractivity contribution in [1.29, 1.82) is 0 Å². The highest BCUT2D eigenvalue weighted by Crippen LogP contribution is 2.34. The van der Waals surface area contributed by atoms with Gasteiger partial charge in [-0.3, -0.25) is 14.4 Å². The van der Waals surface area contributed by atoms with E-state index >= 15 is 0 Å². The summed E-state index contributed by atoms with van der Waals surface area (Å²) in [7, 11) is 0. The monoisotopic (exact) mass is 622 g/mol. The van der Waals surface area contributed by atoms with Crippen LogP contribution in [0.5, 0.6) is 0 Å². The predicted octanol–water partition coefficient (Wildman–Crippen LogP) is 4.53. The van der Waals surface area contributed by atoms with Crippen LogP contribution in [0, 0.1) is 0 Å². The van der Waals surface area contributed by atoms with Gasteiger partial charge in [-0.05, 0) is 45.4 Å². The highest BCUT2D eigenvalue weighted by Gasteiger charge is 2.32. The Morgan fingerprint density at radius 2 is 1.81 bits per heavy atom. The molecule has 0 unspecified atom stereocenters. The van der Waals surface area contributed by atoms with Gasteiger partial charge in [0.05, 0.1) is 22.5 Å². The maximum Gasteiger partial charge on any atom is 0.416 e. The first-order chi connectivity index (χ1) is 20.1. The first kappa shape index (κ1) is 31.7. The van der Waals surface area contributed by atoms with E-state index in [0.29, 0.717) is 18.0 Å². The van der Waals surface area contributed by atoms with Crippen LogP contribution in [0.4, 0.5) is 29.3 Å². The number of halogens is 4. The van der Waals surface area contributed by atoms with E-state index < -0.39 is 41.3 Å². The van der Waals surface area contributed by atoms with Crippen molar-refractivity contribution in [2.45, 2.75) is 52.4 Å². The summed E-state index contributed by atoms with van der Waals surface area (Å²) in [5.41, 5.74) is -1.62. The molecule has 1 saturated heterocycles. The summed E-state index contributed by atoms with van der Waals surface area (Å²) in [6, 6.07) is 2.57. The molecule has 3 heterocycles. The lowest BCUT2D eigenvalue weighted by Gasteiger charge is -2.37. The summed E-state index contributed by atoms with van der Waals surface area (Å²) in [4.78, 5) is 62.7. The third-order valence-electron chi connectivity index (χ3n) is 6.63. The number of carbonyl (C=O) groups is 3. The predicted molar refractivity (Wildman–Crippen MR) is 154 cm³/mol. The smallest absolute Gasteiger partial charge is 0.416 e. The number of benzene rings is 1. The number of amides is 2. The number of piperazine rings is 1. The summed E-state index contributed by atoms with van der Waals surface area (Å²) >= 11 is 6.02. The molecule has 230 valence electrons. The summed E-state index contributed by atoms with van der Waals surface area (Å²) in [5.74, 6) is -0.650. The second-order valence-electron chi connectivity index (χ2n) is 10.8. The number of rotatable bonds is 6. The molecule has 2 aromatic heterocycles. The Bertz CT molecular complexity index is 1630. The fourth-order valence-corrected chi connectivity index (χ4v) is 4.95. The largest absolute Gasteiger partial charge is 0.444 e. The first-order valence-electron chi connectivity index (χ1n) is 13.4. The van der Waals surface area contributed by atoms with Gasteiger partial charge >= 0.3 is 12.3 Å². The molecule has 11 nitrogen and oxygen atoms in total. The number of ether oxygens (including phenoxy) is 1. The van der Waals surface area contributed by atoms with Crippen molar-refractivity contribution in [2.75, 3.05) is 36.4 Å². The third kappa shape index (κ3) is 7.07. The molecule has 4 rings (SSSR count). The fraction of sp³-hybridized carbons (Fsp3) is 0.429. The molecule has 15 heteroatoms. The van der Waals surface area contributed by atoms with Crippen molar-refractivity contribution >= 4 is 52.4 Å². The van der Waals surface area contributed by atoms with E-state index in [9.17, 15) is 32.3 Å². The van der Waals surface area contributed by atoms with E-state index in [2.05, 4.69) is 15.3 Å². The zero-order valence-electron chi connectivity index (χ0n) is 23.9. The van der Waals surface area contributed by atoms with Crippen molar-refractivity contribution in [2.24, 2.45) is 0 Å². The number of aldehydes is 1. The highest BCUT2D eigenvalue weighted by molar-refractivity contribution is 6.33. The van der Waals surface area contributed by atoms with Crippen molar-refractivity contribution in [3.05, 3.63) is 56.6 Å². The van der Waals surface area contributed by atoms with Crippen molar-refractivity contribution in [1.82, 2.24) is 19.4 Å². The summed E-state index contributed by atoms with van der Waals surface area (Å²) < 4.78 is 46.1. The number of alkyl halides is 3. The highest BCUT2D eigenvalue weighted by atomic mass is 35.5. The van der Waals surface area contributed by atoms with Crippen LogP contribution in [0.3, 0.4) is 0 Å². The first-order valence-corrected chi connectivity index (χ1v) is 13.8. The minimum absolute atomic E-state index is 0.0316. The Morgan fingerprint density at radius 3 is 2.37 bits per heavy atom. The number of anilines is 2. The van der Waals surface area contributed by atoms with Gasteiger partial charge in [0.1, 0.15) is 23.5 Å². The van der Waals surface area contributed by atoms with Crippen LogP contribution in [0.25, 0.3) is 11.2 Å². The second-order valence-corrected chi connectivity index (χ2v) is 11.3. The molecular weight excluding hydrogens is 593 g/mol. The minimum atomic E-state index is -4.61. The number of nitrogens with one attached hydrogen (secondary N) is 1. The molecule has 0 bridgehead atoms. The summed E-state index contributed by atoms with van der Waals surface area (Å²) in [6.07, 6.45) is -3.17. The average molecular weight is 623 g/mol. The van der Waals surface area contributed by atoms with Crippen LogP contribution in [0.2, 0.25) is 5.02 Å². The van der Waals surface area contributed by atoms with Crippen molar-refractivity contribution in [3.8, 4) is 0 Å². The molecule has 1 fully saturated rings. The zero-order valence-corrected chi connectivity index (χ0v) is 24.7. The molecule has 0 spiro atoms. The summed E-state index contributed by atoms with van der Waals surface area (Å²) in [6.45, 7) is 7.79. The Hall–Kier alpha value is -4.20. The van der Waals surface area contributed by atoms with E-state index in [0.717, 1.165) is 12.1 Å². The lowest BCUT2D eigenvalue weighted by molar-refractivity contribution is -0.137. The Morgan fingerprint density at radius 1 is 1.14 bits per heavy atom. The summed E-state index contributed by atoms with van der Waals surface area (Å²) in [5, 5.41) is 2.21. The SMILES string of the molecule is CCc1c(N2CCN(C(=O)OC(C)(C)C)CC2)c(=O)c2nc(C=O)cnc2n1CC(=O)Nc1ccc(C(F)(F)F)cc1Cl. The molecular formula is C28H30ClF3N6O5. The van der Waals surface area contributed by atoms with Crippen LogP contribution in [0.1, 0.15) is 49.4 Å². The van der Waals surface area contributed by atoms with Gasteiger partial charge in [-0.1, -0.05) is 18.5 Å². The average Bonchev–Trinajstić information content (AvgIpc) is 2.93. The van der Waals surface area contributed by atoms with E-state index in [1.165, 1.54) is 10.8 Å². The maximum absolute atomic E-state index is 13.8. The Balaban J connectivity index is 1.70. The number of carbonyl (C=O) groups excluding carboxylic acids is 3. The van der Waals surface area contributed by atoms with Gasteiger partial charge in [0.15, 0.2) is 17.5 Å². The third-order valence-corrected chi connectivity index (χ3v) is 6.94.